The van der Waals surface area contributed by atoms with Crippen molar-refractivity contribution in [2.24, 2.45) is 5.92 Å². The van der Waals surface area contributed by atoms with Crippen molar-refractivity contribution in [3.05, 3.63) is 34.9 Å². The number of rotatable bonds is 3. The maximum atomic E-state index is 13.4. The second kappa shape index (κ2) is 5.71. The molecule has 8 heteroatoms. The van der Waals surface area contributed by atoms with Gasteiger partial charge in [-0.25, -0.2) is 17.6 Å². The van der Waals surface area contributed by atoms with Gasteiger partial charge in [0.1, 0.15) is 0 Å². The van der Waals surface area contributed by atoms with Crippen molar-refractivity contribution in [3.8, 4) is 0 Å². The van der Waals surface area contributed by atoms with E-state index >= 15 is 0 Å². The molecule has 2 rings (SSSR count). The lowest BCUT2D eigenvalue weighted by molar-refractivity contribution is -0.141. The molecule has 114 valence electrons. The Labute approximate surface area is 116 Å². The van der Waals surface area contributed by atoms with Crippen LogP contribution in [-0.2, 0) is 4.79 Å². The van der Waals surface area contributed by atoms with E-state index in [0.717, 1.165) is 0 Å². The summed E-state index contributed by atoms with van der Waals surface area (Å²) in [4.78, 5) is 22.5. The van der Waals surface area contributed by atoms with Gasteiger partial charge in [-0.05, 0) is 25.3 Å². The molecule has 4 nitrogen and oxygen atoms in total. The number of carbonyl (C=O) groups is 2. The maximum absolute atomic E-state index is 13.4. The van der Waals surface area contributed by atoms with Crippen LogP contribution in [0.15, 0.2) is 6.07 Å². The number of aliphatic carboxylic acids is 1. The standard InChI is InChI=1S/C13H11F4NO3/c14-8-4-7(9(15)11(17)10(8)16)12(19)18-6-2-1-5(3-6)13(20)21/h4-6H,1-3H2,(H,18,19)(H,20,21)/t5-,6+/m1/s1. The van der Waals surface area contributed by atoms with Crippen LogP contribution >= 0.6 is 0 Å². The molecule has 1 aliphatic rings. The Morgan fingerprint density at radius 2 is 1.76 bits per heavy atom. The molecular weight excluding hydrogens is 294 g/mol. The number of hydrogen-bond donors (Lipinski definition) is 2. The molecule has 0 spiro atoms. The average Bonchev–Trinajstić information content (AvgIpc) is 2.89. The van der Waals surface area contributed by atoms with E-state index in [-0.39, 0.29) is 12.5 Å². The molecular formula is C13H11F4NO3. The minimum atomic E-state index is -2.06. The van der Waals surface area contributed by atoms with Gasteiger partial charge in [0.15, 0.2) is 23.3 Å². The summed E-state index contributed by atoms with van der Waals surface area (Å²) in [6.45, 7) is 0. The van der Waals surface area contributed by atoms with Crippen molar-refractivity contribution in [2.45, 2.75) is 25.3 Å². The Morgan fingerprint density at radius 3 is 2.33 bits per heavy atom. The van der Waals surface area contributed by atoms with E-state index in [4.69, 9.17) is 5.11 Å². The van der Waals surface area contributed by atoms with Gasteiger partial charge in [0.25, 0.3) is 5.91 Å². The fraction of sp³-hybridized carbons (Fsp3) is 0.385. The lowest BCUT2D eigenvalue weighted by Crippen LogP contribution is -2.34. The zero-order valence-electron chi connectivity index (χ0n) is 10.6. The molecule has 1 amide bonds. The summed E-state index contributed by atoms with van der Waals surface area (Å²) in [5.41, 5.74) is -0.954. The normalized spacial score (nSPS) is 21.3. The Morgan fingerprint density at radius 1 is 1.10 bits per heavy atom. The van der Waals surface area contributed by atoms with Gasteiger partial charge in [-0.2, -0.15) is 0 Å². The summed E-state index contributed by atoms with van der Waals surface area (Å²) in [6, 6.07) is -0.263. The summed E-state index contributed by atoms with van der Waals surface area (Å²) in [6.07, 6.45) is 0.847. The van der Waals surface area contributed by atoms with Crippen molar-refractivity contribution >= 4 is 11.9 Å². The summed E-state index contributed by atoms with van der Waals surface area (Å²) in [5, 5.41) is 11.1. The second-order valence-corrected chi connectivity index (χ2v) is 4.87. The third-order valence-electron chi connectivity index (χ3n) is 3.46. The van der Waals surface area contributed by atoms with Crippen molar-refractivity contribution < 1.29 is 32.3 Å². The van der Waals surface area contributed by atoms with Crippen LogP contribution in [0, 0.1) is 29.2 Å². The van der Waals surface area contributed by atoms with E-state index in [0.29, 0.717) is 12.8 Å². The number of halogens is 4. The topological polar surface area (TPSA) is 66.4 Å². The molecule has 1 fully saturated rings. The van der Waals surface area contributed by atoms with Crippen LogP contribution < -0.4 is 5.32 Å². The van der Waals surface area contributed by atoms with E-state index in [9.17, 15) is 27.2 Å². The van der Waals surface area contributed by atoms with Crippen LogP contribution in [0.1, 0.15) is 29.6 Å². The Hall–Kier alpha value is -2.12. The lowest BCUT2D eigenvalue weighted by atomic mass is 10.1. The highest BCUT2D eigenvalue weighted by molar-refractivity contribution is 5.94. The zero-order chi connectivity index (χ0) is 15.7. The van der Waals surface area contributed by atoms with Crippen molar-refractivity contribution in [1.82, 2.24) is 5.32 Å². The predicted octanol–water partition coefficient (Wildman–Crippen LogP) is 2.23. The van der Waals surface area contributed by atoms with Crippen LogP contribution in [0.2, 0.25) is 0 Å². The molecule has 1 aromatic rings. The van der Waals surface area contributed by atoms with E-state index in [2.05, 4.69) is 5.32 Å². The van der Waals surface area contributed by atoms with E-state index in [1.807, 2.05) is 0 Å². The molecule has 1 aromatic carbocycles. The maximum Gasteiger partial charge on any atom is 0.306 e. The molecule has 2 N–H and O–H groups in total. The zero-order valence-corrected chi connectivity index (χ0v) is 10.6. The van der Waals surface area contributed by atoms with Crippen LogP contribution in [0.4, 0.5) is 17.6 Å². The third-order valence-corrected chi connectivity index (χ3v) is 3.46. The first kappa shape index (κ1) is 15.3. The van der Waals surface area contributed by atoms with Crippen LogP contribution in [0.25, 0.3) is 0 Å². The minimum absolute atomic E-state index is 0.148. The van der Waals surface area contributed by atoms with Crippen molar-refractivity contribution in [3.63, 3.8) is 0 Å². The summed E-state index contributed by atoms with van der Waals surface area (Å²) < 4.78 is 52.3. The highest BCUT2D eigenvalue weighted by atomic mass is 19.2. The SMILES string of the molecule is O=C(N[C@H]1CC[C@@H](C(=O)O)C1)c1cc(F)c(F)c(F)c1F. The molecule has 0 aromatic heterocycles. The number of benzene rings is 1. The first-order chi connectivity index (χ1) is 9.81. The van der Waals surface area contributed by atoms with Gasteiger partial charge in [-0.3, -0.25) is 9.59 Å². The lowest BCUT2D eigenvalue weighted by Gasteiger charge is -2.13. The number of carboxylic acid groups (broad SMARTS) is 1. The van der Waals surface area contributed by atoms with Crippen molar-refractivity contribution in [1.29, 1.82) is 0 Å². The number of carbonyl (C=O) groups excluding carboxylic acids is 1. The van der Waals surface area contributed by atoms with Crippen LogP contribution in [-0.4, -0.2) is 23.0 Å². The molecule has 1 aliphatic carbocycles. The molecule has 1 saturated carbocycles. The Balaban J connectivity index is 2.13. The molecule has 0 radical (unpaired) electrons. The molecule has 21 heavy (non-hydrogen) atoms. The predicted molar refractivity (Wildman–Crippen MR) is 62.5 cm³/mol. The third kappa shape index (κ3) is 2.98. The summed E-state index contributed by atoms with van der Waals surface area (Å²) >= 11 is 0. The molecule has 0 unspecified atom stereocenters. The molecule has 0 aliphatic heterocycles. The van der Waals surface area contributed by atoms with Crippen LogP contribution in [0.3, 0.4) is 0 Å². The largest absolute Gasteiger partial charge is 0.481 e. The minimum Gasteiger partial charge on any atom is -0.481 e. The number of amides is 1. The van der Waals surface area contributed by atoms with Gasteiger partial charge >= 0.3 is 5.97 Å². The van der Waals surface area contributed by atoms with E-state index in [1.165, 1.54) is 0 Å². The smallest absolute Gasteiger partial charge is 0.306 e. The second-order valence-electron chi connectivity index (χ2n) is 4.87. The fourth-order valence-corrected chi connectivity index (χ4v) is 2.34. The molecule has 0 heterocycles. The Kier molecular flexibility index (Phi) is 4.15. The summed E-state index contributed by atoms with van der Waals surface area (Å²) in [5.74, 6) is -10.2. The molecule has 2 atom stereocenters. The monoisotopic (exact) mass is 305 g/mol. The summed E-state index contributed by atoms with van der Waals surface area (Å²) in [7, 11) is 0. The van der Waals surface area contributed by atoms with Gasteiger partial charge < -0.3 is 10.4 Å². The number of nitrogens with one attached hydrogen (secondary N) is 1. The highest BCUT2D eigenvalue weighted by Gasteiger charge is 2.32. The molecule has 0 bridgehead atoms. The first-order valence-electron chi connectivity index (χ1n) is 6.18. The number of hydrogen-bond acceptors (Lipinski definition) is 2. The first-order valence-corrected chi connectivity index (χ1v) is 6.18. The Bertz CT molecular complexity index is 606. The number of carboxylic acids is 1. The van der Waals surface area contributed by atoms with E-state index < -0.39 is 52.7 Å². The molecule has 0 saturated heterocycles. The quantitative estimate of drug-likeness (QED) is 0.511. The van der Waals surface area contributed by atoms with Crippen LogP contribution in [0.5, 0.6) is 0 Å². The van der Waals surface area contributed by atoms with Gasteiger partial charge in [0.2, 0.25) is 0 Å². The van der Waals surface area contributed by atoms with E-state index in [1.54, 1.807) is 0 Å². The van der Waals surface area contributed by atoms with Crippen molar-refractivity contribution in [2.75, 3.05) is 0 Å². The van der Waals surface area contributed by atoms with Gasteiger partial charge in [0.05, 0.1) is 11.5 Å². The fourth-order valence-electron chi connectivity index (χ4n) is 2.34. The van der Waals surface area contributed by atoms with Gasteiger partial charge in [-0.1, -0.05) is 0 Å². The average molecular weight is 305 g/mol. The van der Waals surface area contributed by atoms with Gasteiger partial charge in [0, 0.05) is 6.04 Å². The van der Waals surface area contributed by atoms with Gasteiger partial charge in [-0.15, -0.1) is 0 Å². The highest BCUT2D eigenvalue weighted by Crippen LogP contribution is 2.26.